The predicted molar refractivity (Wildman–Crippen MR) is 93.0 cm³/mol. The Morgan fingerprint density at radius 2 is 1.52 bits per heavy atom. The van der Waals surface area contributed by atoms with Gasteiger partial charge in [0.25, 0.3) is 0 Å². The second-order valence-corrected chi connectivity index (χ2v) is 6.53. The van der Waals surface area contributed by atoms with Gasteiger partial charge in [0.1, 0.15) is 17.5 Å². The van der Waals surface area contributed by atoms with E-state index in [0.29, 0.717) is 12.1 Å². The number of imidazole rings is 1. The van der Waals surface area contributed by atoms with E-state index in [-0.39, 0.29) is 0 Å². The van der Waals surface area contributed by atoms with Crippen LogP contribution in [-0.4, -0.2) is 45.9 Å². The van der Waals surface area contributed by atoms with Crippen LogP contribution in [0.2, 0.25) is 0 Å². The van der Waals surface area contributed by atoms with Crippen LogP contribution in [0.25, 0.3) is 11.0 Å². The van der Waals surface area contributed by atoms with E-state index in [1.807, 2.05) is 24.3 Å². The Balaban J connectivity index is 1.33. The molecule has 0 saturated carbocycles. The summed E-state index contributed by atoms with van der Waals surface area (Å²) < 4.78 is 26.6. The number of aromatic amines is 1. The van der Waals surface area contributed by atoms with Crippen molar-refractivity contribution < 1.29 is 8.78 Å². The first-order valence-corrected chi connectivity index (χ1v) is 8.49. The molecule has 0 radical (unpaired) electrons. The second-order valence-electron chi connectivity index (χ2n) is 6.53. The first-order valence-electron chi connectivity index (χ1n) is 8.49. The number of nitrogens with one attached hydrogen (secondary N) is 1. The normalized spacial score (nSPS) is 16.6. The van der Waals surface area contributed by atoms with Gasteiger partial charge in [-0.15, -0.1) is 0 Å². The van der Waals surface area contributed by atoms with Crippen LogP contribution in [0.5, 0.6) is 0 Å². The molecule has 0 amide bonds. The first kappa shape index (κ1) is 16.2. The summed E-state index contributed by atoms with van der Waals surface area (Å²) in [5.41, 5.74) is 2.73. The fraction of sp³-hybridized carbons (Fsp3) is 0.316. The lowest BCUT2D eigenvalue weighted by Gasteiger charge is -2.34. The summed E-state index contributed by atoms with van der Waals surface area (Å²) in [5, 5.41) is 0. The summed E-state index contributed by atoms with van der Waals surface area (Å²) in [6.45, 7) is 4.94. The van der Waals surface area contributed by atoms with Crippen molar-refractivity contribution in [2.45, 2.75) is 13.1 Å². The molecule has 0 atom stereocenters. The van der Waals surface area contributed by atoms with Crippen LogP contribution in [0, 0.1) is 11.6 Å². The number of aromatic nitrogens is 2. The van der Waals surface area contributed by atoms with Gasteiger partial charge >= 0.3 is 0 Å². The first-order chi connectivity index (χ1) is 12.2. The molecule has 4 rings (SSSR count). The number of nitrogens with zero attached hydrogens (tertiary/aromatic N) is 3. The Morgan fingerprint density at radius 1 is 0.880 bits per heavy atom. The number of benzene rings is 2. The van der Waals surface area contributed by atoms with E-state index < -0.39 is 11.6 Å². The van der Waals surface area contributed by atoms with E-state index in [0.717, 1.165) is 55.6 Å². The summed E-state index contributed by atoms with van der Waals surface area (Å²) in [5.74, 6) is -0.0566. The Hall–Kier alpha value is -2.31. The largest absolute Gasteiger partial charge is 0.341 e. The number of hydrogen-bond acceptors (Lipinski definition) is 3. The molecule has 1 aliphatic heterocycles. The molecule has 130 valence electrons. The number of rotatable bonds is 4. The van der Waals surface area contributed by atoms with Crippen molar-refractivity contribution in [1.29, 1.82) is 0 Å². The zero-order valence-electron chi connectivity index (χ0n) is 13.9. The molecule has 1 fully saturated rings. The van der Waals surface area contributed by atoms with Crippen molar-refractivity contribution in [3.63, 3.8) is 0 Å². The standard InChI is InChI=1S/C19H20F2N4/c20-15-9-14(10-16(21)11-15)12-24-5-7-25(8-6-24)13-19-22-17-3-1-2-4-18(17)23-19/h1-4,9-11H,5-8,12-13H2,(H,22,23). The zero-order chi connectivity index (χ0) is 17.2. The zero-order valence-corrected chi connectivity index (χ0v) is 13.9. The van der Waals surface area contributed by atoms with E-state index in [4.69, 9.17) is 0 Å². The predicted octanol–water partition coefficient (Wildman–Crippen LogP) is 3.16. The summed E-state index contributed by atoms with van der Waals surface area (Å²) in [6, 6.07) is 11.7. The topological polar surface area (TPSA) is 35.2 Å². The molecule has 0 unspecified atom stereocenters. The maximum Gasteiger partial charge on any atom is 0.126 e. The van der Waals surface area contributed by atoms with E-state index in [1.165, 1.54) is 12.1 Å². The lowest BCUT2D eigenvalue weighted by Crippen LogP contribution is -2.45. The number of H-pyrrole nitrogens is 1. The molecule has 6 heteroatoms. The Morgan fingerprint density at radius 3 is 2.20 bits per heavy atom. The van der Waals surface area contributed by atoms with Crippen molar-refractivity contribution in [3.8, 4) is 0 Å². The minimum absolute atomic E-state index is 0.515. The maximum atomic E-state index is 13.3. The summed E-state index contributed by atoms with van der Waals surface area (Å²) in [7, 11) is 0. The number of fused-ring (bicyclic) bond motifs is 1. The highest BCUT2D eigenvalue weighted by Crippen LogP contribution is 2.15. The second kappa shape index (κ2) is 6.90. The van der Waals surface area contributed by atoms with Crippen LogP contribution in [0.1, 0.15) is 11.4 Å². The Labute approximate surface area is 145 Å². The van der Waals surface area contributed by atoms with Gasteiger partial charge < -0.3 is 4.98 Å². The monoisotopic (exact) mass is 342 g/mol. The highest BCUT2D eigenvalue weighted by molar-refractivity contribution is 5.74. The summed E-state index contributed by atoms with van der Waals surface area (Å²) >= 11 is 0. The van der Waals surface area contributed by atoms with Crippen molar-refractivity contribution in [2.24, 2.45) is 0 Å². The molecule has 1 N–H and O–H groups in total. The van der Waals surface area contributed by atoms with Crippen LogP contribution in [-0.2, 0) is 13.1 Å². The van der Waals surface area contributed by atoms with Crippen LogP contribution < -0.4 is 0 Å². The molecule has 2 heterocycles. The van der Waals surface area contributed by atoms with E-state index in [9.17, 15) is 8.78 Å². The van der Waals surface area contributed by atoms with Gasteiger partial charge in [0.15, 0.2) is 0 Å². The van der Waals surface area contributed by atoms with Crippen LogP contribution >= 0.6 is 0 Å². The lowest BCUT2D eigenvalue weighted by atomic mass is 10.2. The van der Waals surface area contributed by atoms with Gasteiger partial charge in [-0.05, 0) is 29.8 Å². The summed E-state index contributed by atoms with van der Waals surface area (Å²) in [4.78, 5) is 12.5. The summed E-state index contributed by atoms with van der Waals surface area (Å²) in [6.07, 6.45) is 0. The van der Waals surface area contributed by atoms with Crippen LogP contribution in [0.3, 0.4) is 0 Å². The van der Waals surface area contributed by atoms with Crippen molar-refractivity contribution in [3.05, 3.63) is 65.5 Å². The molecule has 0 aliphatic carbocycles. The molecule has 25 heavy (non-hydrogen) atoms. The van der Waals surface area contributed by atoms with E-state index >= 15 is 0 Å². The lowest BCUT2D eigenvalue weighted by molar-refractivity contribution is 0.120. The van der Waals surface area contributed by atoms with Gasteiger partial charge in [0.05, 0.1) is 17.6 Å². The molecular weight excluding hydrogens is 322 g/mol. The van der Waals surface area contributed by atoms with Crippen molar-refractivity contribution in [2.75, 3.05) is 26.2 Å². The van der Waals surface area contributed by atoms with Gasteiger partial charge in [0.2, 0.25) is 0 Å². The molecule has 3 aromatic rings. The highest BCUT2D eigenvalue weighted by Gasteiger charge is 2.18. The molecule has 2 aromatic carbocycles. The smallest absolute Gasteiger partial charge is 0.126 e. The molecule has 1 aromatic heterocycles. The third-order valence-electron chi connectivity index (χ3n) is 4.61. The average molecular weight is 342 g/mol. The number of para-hydroxylation sites is 2. The molecule has 1 saturated heterocycles. The third-order valence-corrected chi connectivity index (χ3v) is 4.61. The van der Waals surface area contributed by atoms with Gasteiger partial charge in [-0.2, -0.15) is 0 Å². The fourth-order valence-corrected chi connectivity index (χ4v) is 3.36. The van der Waals surface area contributed by atoms with Gasteiger partial charge in [-0.1, -0.05) is 12.1 Å². The van der Waals surface area contributed by atoms with E-state index in [2.05, 4.69) is 19.8 Å². The van der Waals surface area contributed by atoms with Crippen LogP contribution in [0.4, 0.5) is 8.78 Å². The van der Waals surface area contributed by atoms with Crippen molar-refractivity contribution >= 4 is 11.0 Å². The minimum atomic E-state index is -0.515. The molecular formula is C19H20F2N4. The van der Waals surface area contributed by atoms with Gasteiger partial charge in [0, 0.05) is 38.8 Å². The van der Waals surface area contributed by atoms with Gasteiger partial charge in [-0.3, -0.25) is 9.80 Å². The molecule has 0 spiro atoms. The highest BCUT2D eigenvalue weighted by atomic mass is 19.1. The molecule has 4 nitrogen and oxygen atoms in total. The van der Waals surface area contributed by atoms with Gasteiger partial charge in [-0.25, -0.2) is 13.8 Å². The fourth-order valence-electron chi connectivity index (χ4n) is 3.36. The SMILES string of the molecule is Fc1cc(F)cc(CN2CCN(Cc3nc4ccccc4[nH]3)CC2)c1. The molecule has 1 aliphatic rings. The third kappa shape index (κ3) is 3.86. The number of halogens is 2. The van der Waals surface area contributed by atoms with Crippen LogP contribution in [0.15, 0.2) is 42.5 Å². The van der Waals surface area contributed by atoms with Crippen molar-refractivity contribution in [1.82, 2.24) is 19.8 Å². The quantitative estimate of drug-likeness (QED) is 0.791. The van der Waals surface area contributed by atoms with E-state index in [1.54, 1.807) is 0 Å². The maximum absolute atomic E-state index is 13.3. The number of piperazine rings is 1. The minimum Gasteiger partial charge on any atom is -0.341 e. The Bertz CT molecular complexity index is 815. The Kier molecular flexibility index (Phi) is 4.46. The molecule has 0 bridgehead atoms. The average Bonchev–Trinajstić information content (AvgIpc) is 2.98. The number of hydrogen-bond donors (Lipinski definition) is 1.